The molecule has 3 rings (SSSR count). The molecule has 0 spiro atoms. The Morgan fingerprint density at radius 2 is 2.16 bits per heavy atom. The molecule has 1 aromatic heterocycles. The van der Waals surface area contributed by atoms with Crippen LogP contribution in [0.1, 0.15) is 12.0 Å². The number of carbonyl (C=O) groups is 1. The van der Waals surface area contributed by atoms with Crippen LogP contribution in [0.25, 0.3) is 10.9 Å². The Bertz CT molecular complexity index is 705. The highest BCUT2D eigenvalue weighted by molar-refractivity contribution is 5.91. The zero-order valence-electron chi connectivity index (χ0n) is 15.1. The van der Waals surface area contributed by atoms with Crippen molar-refractivity contribution < 1.29 is 14.3 Å². The summed E-state index contributed by atoms with van der Waals surface area (Å²) in [6, 6.07) is 7.99. The van der Waals surface area contributed by atoms with E-state index in [0.717, 1.165) is 43.4 Å². The normalized spacial score (nSPS) is 15.8. The Kier molecular flexibility index (Phi) is 6.07. The van der Waals surface area contributed by atoms with Gasteiger partial charge in [-0.05, 0) is 38.6 Å². The first-order valence-electron chi connectivity index (χ1n) is 8.86. The van der Waals surface area contributed by atoms with Crippen molar-refractivity contribution in [2.45, 2.75) is 12.8 Å². The molecule has 0 amide bonds. The summed E-state index contributed by atoms with van der Waals surface area (Å²) in [5.74, 6) is 0. The molecular weight excluding hydrogens is 318 g/mol. The molecule has 1 saturated heterocycles. The second-order valence-corrected chi connectivity index (χ2v) is 6.72. The van der Waals surface area contributed by atoms with Crippen LogP contribution in [0.5, 0.6) is 0 Å². The molecule has 1 aliphatic heterocycles. The van der Waals surface area contributed by atoms with Gasteiger partial charge in [0.2, 0.25) is 0 Å². The van der Waals surface area contributed by atoms with Crippen LogP contribution in [0.4, 0.5) is 4.79 Å². The van der Waals surface area contributed by atoms with E-state index in [9.17, 15) is 4.79 Å². The van der Waals surface area contributed by atoms with Crippen LogP contribution >= 0.6 is 0 Å². The monoisotopic (exact) mass is 345 g/mol. The standard InChI is InChI=1S/C19H27N3O3/c1-20(2)10-8-16-14-22(18-7-4-3-6-17(16)18)19(23)25-13-11-21-9-5-12-24-15-21/h3-4,6-7,14H,5,8-13,15H2,1-2H3. The van der Waals surface area contributed by atoms with E-state index in [2.05, 4.69) is 30.0 Å². The van der Waals surface area contributed by atoms with Crippen LogP contribution in [0.15, 0.2) is 30.5 Å². The maximum Gasteiger partial charge on any atom is 0.418 e. The van der Waals surface area contributed by atoms with Gasteiger partial charge >= 0.3 is 6.09 Å². The van der Waals surface area contributed by atoms with Gasteiger partial charge < -0.3 is 14.4 Å². The van der Waals surface area contributed by atoms with Gasteiger partial charge in [0, 0.05) is 37.8 Å². The van der Waals surface area contributed by atoms with Crippen molar-refractivity contribution in [3.05, 3.63) is 36.0 Å². The van der Waals surface area contributed by atoms with Crippen LogP contribution in [0.3, 0.4) is 0 Å². The summed E-state index contributed by atoms with van der Waals surface area (Å²) in [7, 11) is 4.11. The molecule has 6 nitrogen and oxygen atoms in total. The second-order valence-electron chi connectivity index (χ2n) is 6.72. The smallest absolute Gasteiger partial charge is 0.418 e. The number of likely N-dealkylation sites (N-methyl/N-ethyl adjacent to an activating group) is 1. The number of nitrogens with zero attached hydrogens (tertiary/aromatic N) is 3. The van der Waals surface area contributed by atoms with Crippen molar-refractivity contribution in [3.8, 4) is 0 Å². The summed E-state index contributed by atoms with van der Waals surface area (Å²) in [4.78, 5) is 16.8. The first-order chi connectivity index (χ1) is 12.1. The zero-order valence-corrected chi connectivity index (χ0v) is 15.1. The fraction of sp³-hybridized carbons (Fsp3) is 0.526. The Balaban J connectivity index is 1.65. The van der Waals surface area contributed by atoms with Crippen LogP contribution in [-0.2, 0) is 15.9 Å². The van der Waals surface area contributed by atoms with Gasteiger partial charge in [-0.15, -0.1) is 0 Å². The van der Waals surface area contributed by atoms with Crippen LogP contribution in [-0.4, -0.2) is 74.1 Å². The van der Waals surface area contributed by atoms with E-state index in [-0.39, 0.29) is 6.09 Å². The predicted molar refractivity (Wildman–Crippen MR) is 98.0 cm³/mol. The van der Waals surface area contributed by atoms with Crippen LogP contribution in [0.2, 0.25) is 0 Å². The lowest BCUT2D eigenvalue weighted by Crippen LogP contribution is -2.36. The average Bonchev–Trinajstić information content (AvgIpc) is 3.00. The van der Waals surface area contributed by atoms with Gasteiger partial charge in [-0.3, -0.25) is 9.47 Å². The molecule has 6 heteroatoms. The number of hydrogen-bond acceptors (Lipinski definition) is 5. The highest BCUT2D eigenvalue weighted by atomic mass is 16.6. The van der Waals surface area contributed by atoms with Gasteiger partial charge in [0.05, 0.1) is 12.2 Å². The minimum atomic E-state index is -0.315. The third kappa shape index (κ3) is 4.60. The first kappa shape index (κ1) is 17.9. The number of carbonyl (C=O) groups excluding carboxylic acids is 1. The summed E-state index contributed by atoms with van der Waals surface area (Å²) < 4.78 is 12.5. The van der Waals surface area contributed by atoms with Crippen molar-refractivity contribution >= 4 is 17.0 Å². The van der Waals surface area contributed by atoms with Gasteiger partial charge in [0.1, 0.15) is 6.61 Å². The second kappa shape index (κ2) is 8.47. The van der Waals surface area contributed by atoms with Crippen molar-refractivity contribution in [1.82, 2.24) is 14.4 Å². The molecule has 0 radical (unpaired) electrons. The van der Waals surface area contributed by atoms with E-state index in [0.29, 0.717) is 19.9 Å². The van der Waals surface area contributed by atoms with Gasteiger partial charge in [-0.2, -0.15) is 0 Å². The molecular formula is C19H27N3O3. The minimum Gasteiger partial charge on any atom is -0.448 e. The van der Waals surface area contributed by atoms with Crippen molar-refractivity contribution in [2.24, 2.45) is 0 Å². The fourth-order valence-electron chi connectivity index (χ4n) is 3.10. The van der Waals surface area contributed by atoms with E-state index >= 15 is 0 Å². The lowest BCUT2D eigenvalue weighted by Gasteiger charge is -2.26. The summed E-state index contributed by atoms with van der Waals surface area (Å²) in [6.07, 6.45) is 3.54. The van der Waals surface area contributed by atoms with Gasteiger partial charge in [-0.1, -0.05) is 18.2 Å². The Hall–Kier alpha value is -1.89. The molecule has 2 heterocycles. The molecule has 1 aliphatic rings. The number of aromatic nitrogens is 1. The fourth-order valence-corrected chi connectivity index (χ4v) is 3.10. The van der Waals surface area contributed by atoms with Crippen LogP contribution in [0, 0.1) is 0 Å². The molecule has 1 aromatic carbocycles. The minimum absolute atomic E-state index is 0.315. The van der Waals surface area contributed by atoms with E-state index in [4.69, 9.17) is 9.47 Å². The van der Waals surface area contributed by atoms with Crippen molar-refractivity contribution in [2.75, 3.05) is 53.7 Å². The number of ether oxygens (including phenoxy) is 2. The van der Waals surface area contributed by atoms with E-state index < -0.39 is 0 Å². The third-order valence-corrected chi connectivity index (χ3v) is 4.49. The lowest BCUT2D eigenvalue weighted by atomic mass is 10.1. The molecule has 0 bridgehead atoms. The Morgan fingerprint density at radius 3 is 2.92 bits per heavy atom. The molecule has 0 aliphatic carbocycles. The number of fused-ring (bicyclic) bond motifs is 1. The van der Waals surface area contributed by atoms with Gasteiger partial charge in [0.25, 0.3) is 0 Å². The van der Waals surface area contributed by atoms with Crippen LogP contribution < -0.4 is 0 Å². The summed E-state index contributed by atoms with van der Waals surface area (Å²) >= 11 is 0. The lowest BCUT2D eigenvalue weighted by molar-refractivity contribution is -0.0207. The Labute approximate surface area is 148 Å². The number of para-hydroxylation sites is 1. The number of benzene rings is 1. The molecule has 25 heavy (non-hydrogen) atoms. The van der Waals surface area contributed by atoms with Crippen molar-refractivity contribution in [3.63, 3.8) is 0 Å². The highest BCUT2D eigenvalue weighted by Crippen LogP contribution is 2.22. The third-order valence-electron chi connectivity index (χ3n) is 4.49. The SMILES string of the molecule is CN(C)CCc1cn(C(=O)OCCN2CCCOC2)c2ccccc12. The molecule has 136 valence electrons. The maximum atomic E-state index is 12.5. The molecule has 0 saturated carbocycles. The predicted octanol–water partition coefficient (Wildman–Crippen LogP) is 2.41. The maximum absolute atomic E-state index is 12.5. The first-order valence-corrected chi connectivity index (χ1v) is 8.86. The summed E-state index contributed by atoms with van der Waals surface area (Å²) in [5.41, 5.74) is 2.08. The van der Waals surface area contributed by atoms with E-state index in [1.807, 2.05) is 24.4 Å². The topological polar surface area (TPSA) is 46.9 Å². The quantitative estimate of drug-likeness (QED) is 0.805. The molecule has 0 unspecified atom stereocenters. The largest absolute Gasteiger partial charge is 0.448 e. The molecule has 0 atom stereocenters. The average molecular weight is 345 g/mol. The zero-order chi connectivity index (χ0) is 17.6. The Morgan fingerprint density at radius 1 is 1.32 bits per heavy atom. The van der Waals surface area contributed by atoms with Gasteiger partial charge in [-0.25, -0.2) is 4.79 Å². The van der Waals surface area contributed by atoms with E-state index in [1.54, 1.807) is 4.57 Å². The molecule has 1 fully saturated rings. The van der Waals surface area contributed by atoms with Gasteiger partial charge in [0.15, 0.2) is 0 Å². The number of hydrogen-bond donors (Lipinski definition) is 0. The number of rotatable bonds is 6. The van der Waals surface area contributed by atoms with E-state index in [1.165, 1.54) is 5.56 Å². The van der Waals surface area contributed by atoms with Crippen molar-refractivity contribution in [1.29, 1.82) is 0 Å². The summed E-state index contributed by atoms with van der Waals surface area (Å²) in [5, 5.41) is 1.12. The highest BCUT2D eigenvalue weighted by Gasteiger charge is 2.16. The molecule has 2 aromatic rings. The summed E-state index contributed by atoms with van der Waals surface area (Å²) in [6.45, 7) is 4.47. The molecule has 0 N–H and O–H groups in total.